The van der Waals surface area contributed by atoms with E-state index in [9.17, 15) is 4.39 Å². The molecule has 0 aromatic heterocycles. The van der Waals surface area contributed by atoms with Gasteiger partial charge in [-0.2, -0.15) is 0 Å². The van der Waals surface area contributed by atoms with Gasteiger partial charge in [0.15, 0.2) is 0 Å². The molecule has 1 fully saturated rings. The van der Waals surface area contributed by atoms with Gasteiger partial charge in [0, 0.05) is 11.0 Å². The molecular formula is C18H21ClFNO. The number of nitrogens with one attached hydrogen (secondary N) is 1. The van der Waals surface area contributed by atoms with Crippen molar-refractivity contribution in [3.8, 4) is 5.75 Å². The molecule has 0 atom stereocenters. The number of hydrogen-bond acceptors (Lipinski definition) is 2. The predicted octanol–water partition coefficient (Wildman–Crippen LogP) is 3.93. The highest BCUT2D eigenvalue weighted by atomic mass is 35.5. The second kappa shape index (κ2) is 7.12. The molecule has 0 saturated carbocycles. The van der Waals surface area contributed by atoms with Crippen LogP contribution in [0.1, 0.15) is 24.0 Å². The smallest absolute Gasteiger partial charge is 0.123 e. The Hall–Kier alpha value is -1.58. The molecule has 1 aliphatic rings. The van der Waals surface area contributed by atoms with Gasteiger partial charge in [0.05, 0.1) is 7.11 Å². The molecule has 0 spiro atoms. The Morgan fingerprint density at radius 2 is 1.73 bits per heavy atom. The Morgan fingerprint density at radius 1 is 1.05 bits per heavy atom. The van der Waals surface area contributed by atoms with Gasteiger partial charge in [-0.3, -0.25) is 0 Å². The van der Waals surface area contributed by atoms with Crippen LogP contribution in [-0.4, -0.2) is 20.2 Å². The molecule has 3 rings (SSSR count). The van der Waals surface area contributed by atoms with Crippen LogP contribution in [0.4, 0.5) is 4.39 Å². The fourth-order valence-corrected chi connectivity index (χ4v) is 3.38. The maximum Gasteiger partial charge on any atom is 0.123 e. The second-order valence-corrected chi connectivity index (χ2v) is 5.54. The number of ether oxygens (including phenoxy) is 1. The van der Waals surface area contributed by atoms with Crippen LogP contribution in [-0.2, 0) is 5.41 Å². The molecule has 2 nitrogen and oxygen atoms in total. The Bertz CT molecular complexity index is 612. The molecule has 0 aliphatic carbocycles. The van der Waals surface area contributed by atoms with E-state index in [0.717, 1.165) is 37.2 Å². The molecule has 1 saturated heterocycles. The summed E-state index contributed by atoms with van der Waals surface area (Å²) in [5, 5.41) is 3.40. The van der Waals surface area contributed by atoms with Crippen LogP contribution >= 0.6 is 12.4 Å². The molecule has 0 amide bonds. The maximum atomic E-state index is 13.9. The van der Waals surface area contributed by atoms with E-state index in [0.29, 0.717) is 0 Å². The Kier molecular flexibility index (Phi) is 5.43. The summed E-state index contributed by atoms with van der Waals surface area (Å²) < 4.78 is 19.4. The fraction of sp³-hybridized carbons (Fsp3) is 0.333. The summed E-state index contributed by atoms with van der Waals surface area (Å²) in [6, 6.07) is 15.2. The standard InChI is InChI=1S/C18H20FNO.ClH/c1-21-17-8-7-15(19)13-16(17)18(9-11-20-12-10-18)14-5-3-2-4-6-14;/h2-8,13,20H,9-12H2,1H3;1H. The van der Waals surface area contributed by atoms with Crippen LogP contribution in [0.15, 0.2) is 48.5 Å². The highest BCUT2D eigenvalue weighted by molar-refractivity contribution is 5.85. The summed E-state index contributed by atoms with van der Waals surface area (Å²) >= 11 is 0. The average molecular weight is 322 g/mol. The zero-order chi connectivity index (χ0) is 14.7. The molecule has 1 aliphatic heterocycles. The first kappa shape index (κ1) is 16.8. The van der Waals surface area contributed by atoms with Crippen LogP contribution in [0.3, 0.4) is 0 Å². The van der Waals surface area contributed by atoms with Crippen molar-refractivity contribution in [1.29, 1.82) is 0 Å². The van der Waals surface area contributed by atoms with Crippen LogP contribution in [0, 0.1) is 5.82 Å². The van der Waals surface area contributed by atoms with Crippen LogP contribution < -0.4 is 10.1 Å². The molecule has 118 valence electrons. The summed E-state index contributed by atoms with van der Waals surface area (Å²) in [6.07, 6.45) is 1.88. The molecular weight excluding hydrogens is 301 g/mol. The first-order valence-corrected chi connectivity index (χ1v) is 7.36. The van der Waals surface area contributed by atoms with Gasteiger partial charge in [-0.1, -0.05) is 30.3 Å². The summed E-state index contributed by atoms with van der Waals surface area (Å²) in [6.45, 7) is 1.85. The van der Waals surface area contributed by atoms with E-state index >= 15 is 0 Å². The lowest BCUT2D eigenvalue weighted by Crippen LogP contribution is -2.41. The van der Waals surface area contributed by atoms with Crippen molar-refractivity contribution in [3.63, 3.8) is 0 Å². The third-order valence-electron chi connectivity index (χ3n) is 4.46. The third-order valence-corrected chi connectivity index (χ3v) is 4.46. The van der Waals surface area contributed by atoms with Crippen molar-refractivity contribution < 1.29 is 9.13 Å². The Balaban J connectivity index is 0.00000176. The van der Waals surface area contributed by atoms with E-state index in [4.69, 9.17) is 4.74 Å². The lowest BCUT2D eigenvalue weighted by Gasteiger charge is -2.39. The van der Waals surface area contributed by atoms with E-state index in [2.05, 4.69) is 17.4 Å². The van der Waals surface area contributed by atoms with Crippen molar-refractivity contribution in [3.05, 3.63) is 65.5 Å². The minimum Gasteiger partial charge on any atom is -0.496 e. The first-order chi connectivity index (χ1) is 10.3. The van der Waals surface area contributed by atoms with E-state index < -0.39 is 0 Å². The fourth-order valence-electron chi connectivity index (χ4n) is 3.38. The average Bonchev–Trinajstić information content (AvgIpc) is 2.56. The van der Waals surface area contributed by atoms with Crippen molar-refractivity contribution in [1.82, 2.24) is 5.32 Å². The quantitative estimate of drug-likeness (QED) is 0.925. The largest absolute Gasteiger partial charge is 0.496 e. The maximum absolute atomic E-state index is 13.9. The van der Waals surface area contributed by atoms with E-state index in [1.807, 2.05) is 18.2 Å². The topological polar surface area (TPSA) is 21.3 Å². The zero-order valence-electron chi connectivity index (χ0n) is 12.6. The van der Waals surface area contributed by atoms with Gasteiger partial charge < -0.3 is 10.1 Å². The summed E-state index contributed by atoms with van der Waals surface area (Å²) in [5.41, 5.74) is 2.01. The monoisotopic (exact) mass is 321 g/mol. The van der Waals surface area contributed by atoms with Gasteiger partial charge in [-0.15, -0.1) is 12.4 Å². The summed E-state index contributed by atoms with van der Waals surface area (Å²) in [4.78, 5) is 0. The van der Waals surface area contributed by atoms with Crippen molar-refractivity contribution >= 4 is 12.4 Å². The minimum absolute atomic E-state index is 0. The van der Waals surface area contributed by atoms with Crippen LogP contribution in [0.5, 0.6) is 5.75 Å². The van der Waals surface area contributed by atoms with E-state index in [1.165, 1.54) is 11.6 Å². The number of hydrogen-bond donors (Lipinski definition) is 1. The summed E-state index contributed by atoms with van der Waals surface area (Å²) in [5.74, 6) is 0.557. The number of methoxy groups -OCH3 is 1. The molecule has 22 heavy (non-hydrogen) atoms. The van der Waals surface area contributed by atoms with E-state index in [1.54, 1.807) is 19.2 Å². The molecule has 0 unspecified atom stereocenters. The third kappa shape index (κ3) is 2.96. The molecule has 0 bridgehead atoms. The zero-order valence-corrected chi connectivity index (χ0v) is 13.5. The molecule has 1 N–H and O–H groups in total. The highest BCUT2D eigenvalue weighted by Gasteiger charge is 2.38. The predicted molar refractivity (Wildman–Crippen MR) is 89.5 cm³/mol. The van der Waals surface area contributed by atoms with Crippen molar-refractivity contribution in [2.75, 3.05) is 20.2 Å². The minimum atomic E-state index is -0.209. The number of benzene rings is 2. The normalized spacial score (nSPS) is 16.6. The molecule has 2 aromatic carbocycles. The van der Waals surface area contributed by atoms with Gasteiger partial charge in [0.2, 0.25) is 0 Å². The first-order valence-electron chi connectivity index (χ1n) is 7.36. The number of rotatable bonds is 3. The second-order valence-electron chi connectivity index (χ2n) is 5.54. The van der Waals surface area contributed by atoms with Crippen LogP contribution in [0.2, 0.25) is 0 Å². The number of piperidine rings is 1. The van der Waals surface area contributed by atoms with Gasteiger partial charge in [0.25, 0.3) is 0 Å². The molecule has 2 aromatic rings. The van der Waals surface area contributed by atoms with Gasteiger partial charge in [-0.25, -0.2) is 4.39 Å². The van der Waals surface area contributed by atoms with Crippen LogP contribution in [0.25, 0.3) is 0 Å². The van der Waals surface area contributed by atoms with Gasteiger partial charge >= 0.3 is 0 Å². The molecule has 4 heteroatoms. The molecule has 0 radical (unpaired) electrons. The SMILES string of the molecule is COc1ccc(F)cc1C1(c2ccccc2)CCNCC1.Cl. The lowest BCUT2D eigenvalue weighted by molar-refractivity contribution is 0.337. The Morgan fingerprint density at radius 3 is 2.36 bits per heavy atom. The van der Waals surface area contributed by atoms with Gasteiger partial charge in [-0.05, 0) is 49.7 Å². The highest BCUT2D eigenvalue weighted by Crippen LogP contribution is 2.44. The molecule has 1 heterocycles. The van der Waals surface area contributed by atoms with Crippen molar-refractivity contribution in [2.24, 2.45) is 0 Å². The number of halogens is 2. The summed E-state index contributed by atoms with van der Waals surface area (Å²) in [7, 11) is 1.65. The van der Waals surface area contributed by atoms with Gasteiger partial charge in [0.1, 0.15) is 11.6 Å². The van der Waals surface area contributed by atoms with E-state index in [-0.39, 0.29) is 23.6 Å². The lowest BCUT2D eigenvalue weighted by atomic mass is 9.68. The van der Waals surface area contributed by atoms with Crippen molar-refractivity contribution in [2.45, 2.75) is 18.3 Å². The Labute approximate surface area is 137 Å².